The van der Waals surface area contributed by atoms with Crippen LogP contribution < -0.4 is 45.5 Å². The zero-order chi connectivity index (χ0) is 25.6. The van der Waals surface area contributed by atoms with Crippen LogP contribution in [-0.2, 0) is 30.9 Å². The predicted octanol–water partition coefficient (Wildman–Crippen LogP) is -2.34. The van der Waals surface area contributed by atoms with Gasteiger partial charge in [-0.1, -0.05) is 36.6 Å². The molecule has 3 amide bonds. The molecule has 1 unspecified atom stereocenters. The SMILES string of the molecule is O=C(N[C@@H](CC1CC1)C(=O)N[C@@H](C[C@@H]1CCNC1=O)C(O)S(=O)(=O)[O-])OCCc1cccc(Cl)c1.[Na+]. The van der Waals surface area contributed by atoms with Gasteiger partial charge < -0.3 is 30.3 Å². The molecule has 1 aliphatic carbocycles. The van der Waals surface area contributed by atoms with E-state index in [0.717, 1.165) is 18.4 Å². The Morgan fingerprint density at radius 3 is 2.53 bits per heavy atom. The van der Waals surface area contributed by atoms with Crippen molar-refractivity contribution in [3.63, 3.8) is 0 Å². The van der Waals surface area contributed by atoms with Crippen molar-refractivity contribution in [1.29, 1.82) is 0 Å². The van der Waals surface area contributed by atoms with Crippen molar-refractivity contribution in [3.05, 3.63) is 34.9 Å². The molecule has 1 aromatic rings. The summed E-state index contributed by atoms with van der Waals surface area (Å²) in [6.07, 6.45) is 1.74. The van der Waals surface area contributed by atoms with E-state index >= 15 is 0 Å². The number of carbonyl (C=O) groups is 3. The fourth-order valence-electron chi connectivity index (χ4n) is 3.96. The summed E-state index contributed by atoms with van der Waals surface area (Å²) >= 11 is 5.94. The maximum Gasteiger partial charge on any atom is 1.00 e. The van der Waals surface area contributed by atoms with E-state index in [2.05, 4.69) is 16.0 Å². The van der Waals surface area contributed by atoms with Gasteiger partial charge in [0.2, 0.25) is 11.8 Å². The van der Waals surface area contributed by atoms with Crippen molar-refractivity contribution in [2.45, 2.75) is 56.0 Å². The number of hydrogen-bond acceptors (Lipinski definition) is 8. The second kappa shape index (κ2) is 13.9. The van der Waals surface area contributed by atoms with Crippen LogP contribution in [0, 0.1) is 11.8 Å². The van der Waals surface area contributed by atoms with Gasteiger partial charge in [-0.15, -0.1) is 0 Å². The van der Waals surface area contributed by atoms with Gasteiger partial charge in [-0.25, -0.2) is 13.2 Å². The Balaban J connectivity index is 0.00000456. The van der Waals surface area contributed by atoms with Crippen LogP contribution in [0.2, 0.25) is 5.02 Å². The average Bonchev–Trinajstić information content (AvgIpc) is 3.51. The number of ether oxygens (including phenoxy) is 1. The minimum atomic E-state index is -5.17. The van der Waals surface area contributed by atoms with Crippen LogP contribution in [0.1, 0.15) is 37.7 Å². The number of hydrogen-bond donors (Lipinski definition) is 4. The third-order valence-corrected chi connectivity index (χ3v) is 7.21. The Morgan fingerprint density at radius 1 is 1.22 bits per heavy atom. The maximum atomic E-state index is 13.0. The van der Waals surface area contributed by atoms with Crippen LogP contribution in [0.3, 0.4) is 0 Å². The van der Waals surface area contributed by atoms with Crippen molar-refractivity contribution < 1.29 is 66.8 Å². The average molecular weight is 554 g/mol. The number of carbonyl (C=O) groups excluding carboxylic acids is 3. The van der Waals surface area contributed by atoms with Gasteiger partial charge in [0.1, 0.15) is 16.2 Å². The van der Waals surface area contributed by atoms with Crippen molar-refractivity contribution in [2.75, 3.05) is 13.2 Å². The minimum absolute atomic E-state index is 0. The van der Waals surface area contributed by atoms with Gasteiger partial charge in [0.05, 0.1) is 12.6 Å². The molecular weight excluding hydrogens is 525 g/mol. The van der Waals surface area contributed by atoms with Gasteiger partial charge >= 0.3 is 35.7 Å². The van der Waals surface area contributed by atoms with E-state index in [1.807, 2.05) is 6.07 Å². The van der Waals surface area contributed by atoms with Crippen LogP contribution in [0.25, 0.3) is 0 Å². The van der Waals surface area contributed by atoms with Gasteiger partial charge in [0, 0.05) is 23.9 Å². The summed E-state index contributed by atoms with van der Waals surface area (Å²) in [6, 6.07) is 4.49. The Bertz CT molecular complexity index is 1040. The molecule has 2 fully saturated rings. The summed E-state index contributed by atoms with van der Waals surface area (Å²) < 4.78 is 39.5. The molecule has 1 saturated heterocycles. The summed E-state index contributed by atoms with van der Waals surface area (Å²) in [4.78, 5) is 37.2. The predicted molar refractivity (Wildman–Crippen MR) is 124 cm³/mol. The normalized spacial score (nSPS) is 19.9. The molecule has 4 atom stereocenters. The third kappa shape index (κ3) is 9.81. The first-order chi connectivity index (χ1) is 16.5. The summed E-state index contributed by atoms with van der Waals surface area (Å²) in [5.74, 6) is -1.58. The van der Waals surface area contributed by atoms with Crippen LogP contribution in [0.15, 0.2) is 24.3 Å². The summed E-state index contributed by atoms with van der Waals surface area (Å²) in [5, 5.41) is 18.1. The molecule has 1 saturated carbocycles. The summed E-state index contributed by atoms with van der Waals surface area (Å²) in [6.45, 7) is 0.410. The topological polar surface area (TPSA) is 174 Å². The van der Waals surface area contributed by atoms with Gasteiger partial charge in [0.15, 0.2) is 5.44 Å². The molecule has 14 heteroatoms. The number of rotatable bonds is 12. The molecule has 0 aromatic heterocycles. The van der Waals surface area contributed by atoms with Crippen LogP contribution in [0.4, 0.5) is 4.79 Å². The molecule has 36 heavy (non-hydrogen) atoms. The molecule has 1 aliphatic heterocycles. The number of nitrogens with one attached hydrogen (secondary N) is 3. The molecule has 4 N–H and O–H groups in total. The van der Waals surface area contributed by atoms with E-state index in [-0.39, 0.29) is 60.8 Å². The standard InChI is InChI=1S/C22H30ClN3O8S.Na/c23-16-3-1-2-13(10-16)7-9-34-22(30)26-17(11-14-4-5-14)20(28)25-18(21(29)35(31,32)33)12-15-6-8-24-19(15)27;/h1-3,10,14-15,17-18,21,29H,4-9,11-12H2,(H,24,27)(H,25,28)(H,26,30)(H,31,32,33);/q;+1/p-1/t15-,17-,18-,21?;/m0./s1. The molecule has 1 aromatic carbocycles. The Kier molecular flexibility index (Phi) is 11.9. The van der Waals surface area contributed by atoms with Gasteiger partial charge in [-0.3, -0.25) is 9.59 Å². The van der Waals surface area contributed by atoms with Gasteiger partial charge in [-0.05, 0) is 42.9 Å². The first-order valence-electron chi connectivity index (χ1n) is 11.4. The van der Waals surface area contributed by atoms with Crippen molar-refractivity contribution in [2.24, 2.45) is 11.8 Å². The van der Waals surface area contributed by atoms with Crippen molar-refractivity contribution in [1.82, 2.24) is 16.0 Å². The smallest absolute Gasteiger partial charge is 0.746 e. The van der Waals surface area contributed by atoms with Crippen LogP contribution in [0.5, 0.6) is 0 Å². The van der Waals surface area contributed by atoms with Gasteiger partial charge in [0.25, 0.3) is 0 Å². The first kappa shape index (κ1) is 30.8. The number of halogens is 1. The van der Waals surface area contributed by atoms with E-state index in [4.69, 9.17) is 16.3 Å². The monoisotopic (exact) mass is 553 g/mol. The van der Waals surface area contributed by atoms with E-state index in [0.29, 0.717) is 24.4 Å². The number of benzene rings is 1. The molecule has 0 radical (unpaired) electrons. The fourth-order valence-corrected chi connectivity index (χ4v) is 4.76. The van der Waals surface area contributed by atoms with E-state index in [1.165, 1.54) is 0 Å². The summed E-state index contributed by atoms with van der Waals surface area (Å²) in [7, 11) is -5.17. The first-order valence-corrected chi connectivity index (χ1v) is 13.3. The zero-order valence-electron chi connectivity index (χ0n) is 19.9. The van der Waals surface area contributed by atoms with Gasteiger partial charge in [-0.2, -0.15) is 0 Å². The molecule has 2 aliphatic rings. The van der Waals surface area contributed by atoms with E-state index < -0.39 is 45.6 Å². The second-order valence-electron chi connectivity index (χ2n) is 8.90. The van der Waals surface area contributed by atoms with Crippen molar-refractivity contribution in [3.8, 4) is 0 Å². The molecule has 3 rings (SSSR count). The third-order valence-electron chi connectivity index (χ3n) is 6.06. The largest absolute Gasteiger partial charge is 1.00 e. The molecule has 0 spiro atoms. The molecule has 194 valence electrons. The Hall–Kier alpha value is -1.41. The Morgan fingerprint density at radius 2 is 1.94 bits per heavy atom. The maximum absolute atomic E-state index is 13.0. The minimum Gasteiger partial charge on any atom is -0.746 e. The Labute approximate surface area is 237 Å². The molecular formula is C22H29ClN3NaO8S. The zero-order valence-corrected chi connectivity index (χ0v) is 23.5. The van der Waals surface area contributed by atoms with E-state index in [1.54, 1.807) is 18.2 Å². The van der Waals surface area contributed by atoms with Crippen LogP contribution in [-0.4, -0.2) is 66.7 Å². The number of aliphatic hydroxyl groups excluding tert-OH is 1. The molecule has 11 nitrogen and oxygen atoms in total. The molecule has 0 bridgehead atoms. The van der Waals surface area contributed by atoms with Crippen molar-refractivity contribution >= 4 is 39.6 Å². The fraction of sp³-hybridized carbons (Fsp3) is 0.591. The number of alkyl carbamates (subject to hydrolysis) is 1. The van der Waals surface area contributed by atoms with E-state index in [9.17, 15) is 32.5 Å². The number of aliphatic hydroxyl groups is 1. The summed E-state index contributed by atoms with van der Waals surface area (Å²) in [5.41, 5.74) is -1.57. The second-order valence-corrected chi connectivity index (χ2v) is 10.8. The number of amides is 3. The van der Waals surface area contributed by atoms with Crippen LogP contribution >= 0.6 is 11.6 Å². The molecule has 1 heterocycles. The quantitative estimate of drug-likeness (QED) is 0.164.